The van der Waals surface area contributed by atoms with Gasteiger partial charge >= 0.3 is 0 Å². The number of thioether (sulfide) groups is 1. The number of amides is 1. The summed E-state index contributed by atoms with van der Waals surface area (Å²) in [5, 5.41) is 2.94. The third-order valence-corrected chi connectivity index (χ3v) is 4.87. The molecule has 1 aromatic carbocycles. The number of hydrogen-bond acceptors (Lipinski definition) is 3. The molecule has 1 amide bonds. The van der Waals surface area contributed by atoms with Crippen LogP contribution in [0.3, 0.4) is 0 Å². The minimum atomic E-state index is 0.0868. The second-order valence-corrected chi connectivity index (χ2v) is 6.55. The number of halogens is 1. The van der Waals surface area contributed by atoms with Crippen molar-refractivity contribution >= 4 is 56.5 Å². The number of anilines is 1. The predicted octanol–water partition coefficient (Wildman–Crippen LogP) is 2.77. The van der Waals surface area contributed by atoms with E-state index in [1.807, 2.05) is 30.0 Å². The SMILES string of the molecule is NC(=S)c1ccc(NC(=O)C2CCSC2)c(Br)c1. The number of rotatable bonds is 3. The topological polar surface area (TPSA) is 55.1 Å². The van der Waals surface area contributed by atoms with Crippen molar-refractivity contribution in [2.45, 2.75) is 6.42 Å². The summed E-state index contributed by atoms with van der Waals surface area (Å²) < 4.78 is 0.798. The molecule has 1 unspecified atom stereocenters. The average Bonchev–Trinajstić information content (AvgIpc) is 2.85. The second kappa shape index (κ2) is 6.04. The monoisotopic (exact) mass is 344 g/mol. The molecule has 1 heterocycles. The highest BCUT2D eigenvalue weighted by Gasteiger charge is 2.23. The van der Waals surface area contributed by atoms with Crippen LogP contribution in [0.1, 0.15) is 12.0 Å². The van der Waals surface area contributed by atoms with Crippen LogP contribution in [0.2, 0.25) is 0 Å². The predicted molar refractivity (Wildman–Crippen MR) is 84.1 cm³/mol. The fourth-order valence-corrected chi connectivity index (χ4v) is 3.57. The van der Waals surface area contributed by atoms with E-state index in [1.54, 1.807) is 0 Å². The quantitative estimate of drug-likeness (QED) is 0.828. The van der Waals surface area contributed by atoms with E-state index in [4.69, 9.17) is 18.0 Å². The van der Waals surface area contributed by atoms with E-state index in [-0.39, 0.29) is 11.8 Å². The first-order valence-electron chi connectivity index (χ1n) is 5.56. The number of carbonyl (C=O) groups is 1. The molecule has 1 saturated heterocycles. The Morgan fingerprint density at radius 3 is 2.89 bits per heavy atom. The summed E-state index contributed by atoms with van der Waals surface area (Å²) >= 11 is 10.1. The standard InChI is InChI=1S/C12H13BrN2OS2/c13-9-5-7(11(14)17)1-2-10(9)15-12(16)8-3-4-18-6-8/h1-2,5,8H,3-4,6H2,(H2,14,17)(H,15,16). The van der Waals surface area contributed by atoms with Crippen LogP contribution in [0.5, 0.6) is 0 Å². The Morgan fingerprint density at radius 1 is 1.56 bits per heavy atom. The first kappa shape index (κ1) is 13.8. The largest absolute Gasteiger partial charge is 0.389 e. The van der Waals surface area contributed by atoms with E-state index in [0.717, 1.165) is 33.7 Å². The maximum Gasteiger partial charge on any atom is 0.228 e. The van der Waals surface area contributed by atoms with Gasteiger partial charge in [-0.3, -0.25) is 4.79 Å². The van der Waals surface area contributed by atoms with Gasteiger partial charge < -0.3 is 11.1 Å². The van der Waals surface area contributed by atoms with Gasteiger partial charge in [0.25, 0.3) is 0 Å². The van der Waals surface area contributed by atoms with E-state index in [1.165, 1.54) is 0 Å². The molecule has 0 aliphatic carbocycles. The summed E-state index contributed by atoms with van der Waals surface area (Å²) in [6.45, 7) is 0. The molecule has 0 radical (unpaired) electrons. The normalized spacial score (nSPS) is 18.6. The number of nitrogens with two attached hydrogens (primary N) is 1. The van der Waals surface area contributed by atoms with Gasteiger partial charge in [0.15, 0.2) is 0 Å². The van der Waals surface area contributed by atoms with Crippen LogP contribution < -0.4 is 11.1 Å². The van der Waals surface area contributed by atoms with Gasteiger partial charge in [-0.05, 0) is 46.3 Å². The Labute approximate surface area is 124 Å². The van der Waals surface area contributed by atoms with E-state index < -0.39 is 0 Å². The number of nitrogens with one attached hydrogen (secondary N) is 1. The second-order valence-electron chi connectivity index (χ2n) is 4.11. The molecule has 0 saturated carbocycles. The molecule has 3 nitrogen and oxygen atoms in total. The van der Waals surface area contributed by atoms with Crippen LogP contribution >= 0.6 is 39.9 Å². The highest BCUT2D eigenvalue weighted by atomic mass is 79.9. The molecule has 0 aromatic heterocycles. The number of benzene rings is 1. The zero-order chi connectivity index (χ0) is 13.1. The van der Waals surface area contributed by atoms with Crippen molar-refractivity contribution in [3.8, 4) is 0 Å². The maximum absolute atomic E-state index is 12.0. The number of hydrogen-bond donors (Lipinski definition) is 2. The summed E-state index contributed by atoms with van der Waals surface area (Å²) in [5.41, 5.74) is 7.10. The van der Waals surface area contributed by atoms with Crippen LogP contribution in [0.4, 0.5) is 5.69 Å². The first-order valence-corrected chi connectivity index (χ1v) is 7.91. The zero-order valence-electron chi connectivity index (χ0n) is 9.61. The summed E-state index contributed by atoms with van der Waals surface area (Å²) in [5.74, 6) is 2.19. The summed E-state index contributed by atoms with van der Waals surface area (Å²) in [6.07, 6.45) is 0.957. The van der Waals surface area contributed by atoms with E-state index in [0.29, 0.717) is 4.99 Å². The zero-order valence-corrected chi connectivity index (χ0v) is 12.8. The van der Waals surface area contributed by atoms with Gasteiger partial charge in [0.2, 0.25) is 5.91 Å². The highest BCUT2D eigenvalue weighted by molar-refractivity contribution is 9.10. The minimum Gasteiger partial charge on any atom is -0.389 e. The Morgan fingerprint density at radius 2 is 2.33 bits per heavy atom. The Kier molecular flexibility index (Phi) is 4.64. The van der Waals surface area contributed by atoms with Gasteiger partial charge in [0.1, 0.15) is 4.99 Å². The Balaban J connectivity index is 2.09. The molecule has 1 aliphatic heterocycles. The average molecular weight is 345 g/mol. The van der Waals surface area contributed by atoms with Crippen LogP contribution in [-0.2, 0) is 4.79 Å². The molecular formula is C12H13BrN2OS2. The number of carbonyl (C=O) groups excluding carboxylic acids is 1. The number of thiocarbonyl (C=S) groups is 1. The van der Waals surface area contributed by atoms with Gasteiger partial charge in [-0.15, -0.1) is 0 Å². The lowest BCUT2D eigenvalue weighted by molar-refractivity contribution is -0.119. The van der Waals surface area contributed by atoms with Gasteiger partial charge in [-0.1, -0.05) is 12.2 Å². The van der Waals surface area contributed by atoms with Gasteiger partial charge in [-0.2, -0.15) is 11.8 Å². The molecule has 0 bridgehead atoms. The van der Waals surface area contributed by atoms with E-state index >= 15 is 0 Å². The lowest BCUT2D eigenvalue weighted by atomic mass is 10.1. The van der Waals surface area contributed by atoms with Crippen molar-refractivity contribution in [3.63, 3.8) is 0 Å². The van der Waals surface area contributed by atoms with Crippen LogP contribution in [0.25, 0.3) is 0 Å². The van der Waals surface area contributed by atoms with Crippen molar-refractivity contribution in [1.29, 1.82) is 0 Å². The molecule has 1 aliphatic rings. The van der Waals surface area contributed by atoms with Crippen molar-refractivity contribution in [2.24, 2.45) is 11.7 Å². The third kappa shape index (κ3) is 3.24. The molecule has 3 N–H and O–H groups in total. The fraction of sp³-hybridized carbons (Fsp3) is 0.333. The van der Waals surface area contributed by atoms with Gasteiger partial charge in [0.05, 0.1) is 5.69 Å². The van der Waals surface area contributed by atoms with Crippen LogP contribution in [0, 0.1) is 5.92 Å². The molecule has 18 heavy (non-hydrogen) atoms. The van der Waals surface area contributed by atoms with Crippen LogP contribution in [-0.4, -0.2) is 22.4 Å². The molecular weight excluding hydrogens is 332 g/mol. The van der Waals surface area contributed by atoms with Crippen molar-refractivity contribution < 1.29 is 4.79 Å². The Hall–Kier alpha value is -0.590. The first-order chi connectivity index (χ1) is 8.58. The summed E-state index contributed by atoms with van der Waals surface area (Å²) in [7, 11) is 0. The lowest BCUT2D eigenvalue weighted by Crippen LogP contribution is -2.22. The summed E-state index contributed by atoms with van der Waals surface area (Å²) in [6, 6.07) is 5.45. The molecule has 6 heteroatoms. The minimum absolute atomic E-state index is 0.0868. The van der Waals surface area contributed by atoms with E-state index in [2.05, 4.69) is 21.2 Å². The Bertz CT molecular complexity index is 487. The lowest BCUT2D eigenvalue weighted by Gasteiger charge is -2.12. The third-order valence-electron chi connectivity index (χ3n) is 2.81. The van der Waals surface area contributed by atoms with Gasteiger partial charge in [-0.25, -0.2) is 0 Å². The highest BCUT2D eigenvalue weighted by Crippen LogP contribution is 2.27. The fourth-order valence-electron chi connectivity index (χ4n) is 1.75. The molecule has 1 atom stereocenters. The molecule has 1 fully saturated rings. The van der Waals surface area contributed by atoms with Crippen molar-refractivity contribution in [2.75, 3.05) is 16.8 Å². The summed E-state index contributed by atoms with van der Waals surface area (Å²) in [4.78, 5) is 12.3. The maximum atomic E-state index is 12.0. The van der Waals surface area contributed by atoms with E-state index in [9.17, 15) is 4.79 Å². The van der Waals surface area contributed by atoms with Crippen LogP contribution in [0.15, 0.2) is 22.7 Å². The van der Waals surface area contributed by atoms with Crippen molar-refractivity contribution in [1.82, 2.24) is 0 Å². The van der Waals surface area contributed by atoms with Gasteiger partial charge in [0, 0.05) is 21.7 Å². The smallest absolute Gasteiger partial charge is 0.228 e. The molecule has 0 spiro atoms. The van der Waals surface area contributed by atoms with Crippen molar-refractivity contribution in [3.05, 3.63) is 28.2 Å². The molecule has 1 aromatic rings. The molecule has 2 rings (SSSR count). The molecule has 96 valence electrons.